The number of ether oxygens (including phenoxy) is 1. The van der Waals surface area contributed by atoms with Gasteiger partial charge in [-0.2, -0.15) is 5.26 Å². The van der Waals surface area contributed by atoms with E-state index >= 15 is 0 Å². The summed E-state index contributed by atoms with van der Waals surface area (Å²) in [6.45, 7) is 14.4. The average molecular weight is 349 g/mol. The fourth-order valence-electron chi connectivity index (χ4n) is 2.18. The van der Waals surface area contributed by atoms with E-state index in [0.29, 0.717) is 32.0 Å². The van der Waals surface area contributed by atoms with Gasteiger partial charge in [-0.25, -0.2) is 9.78 Å². The van der Waals surface area contributed by atoms with Crippen LogP contribution in [0.5, 0.6) is 0 Å². The lowest BCUT2D eigenvalue weighted by atomic mass is 10.2. The minimum Gasteiger partial charge on any atom is -0.444 e. The molecule has 1 fully saturated rings. The van der Waals surface area contributed by atoms with Crippen LogP contribution in [-0.2, 0) is 4.74 Å². The van der Waals surface area contributed by atoms with Crippen LogP contribution < -0.4 is 4.90 Å². The fraction of sp³-hybridized carbons (Fsp3) is 0.533. The minimum absolute atomic E-state index is 0.0738. The summed E-state index contributed by atoms with van der Waals surface area (Å²) >= 11 is 6.08. The van der Waals surface area contributed by atoms with Gasteiger partial charge in [0, 0.05) is 26.2 Å². The van der Waals surface area contributed by atoms with E-state index in [1.807, 2.05) is 25.7 Å². The number of carbonyl (C=O) groups excluding carboxylic acids is 1. The van der Waals surface area contributed by atoms with Gasteiger partial charge in [0.25, 0.3) is 5.82 Å². The van der Waals surface area contributed by atoms with Crippen LogP contribution in [0.2, 0.25) is 5.15 Å². The molecule has 126 valence electrons. The van der Waals surface area contributed by atoms with E-state index in [1.165, 1.54) is 0 Å². The van der Waals surface area contributed by atoms with E-state index in [2.05, 4.69) is 14.8 Å². The summed E-state index contributed by atoms with van der Waals surface area (Å²) in [7, 11) is 0. The first-order chi connectivity index (χ1) is 11.2. The second kappa shape index (κ2) is 6.90. The number of halogens is 1. The number of amides is 1. The highest BCUT2D eigenvalue weighted by molar-refractivity contribution is 6.31. The van der Waals surface area contributed by atoms with Gasteiger partial charge in [-0.1, -0.05) is 23.2 Å². The molecule has 1 aromatic heterocycles. The van der Waals surface area contributed by atoms with Crippen molar-refractivity contribution in [3.05, 3.63) is 22.3 Å². The van der Waals surface area contributed by atoms with Gasteiger partial charge in [0.2, 0.25) is 0 Å². The van der Waals surface area contributed by atoms with Crippen molar-refractivity contribution in [3.63, 3.8) is 0 Å². The summed E-state index contributed by atoms with van der Waals surface area (Å²) in [4.78, 5) is 26.8. The number of hydrogen-bond acceptors (Lipinski definition) is 6. The Hall–Kier alpha value is -2.58. The fourth-order valence-corrected chi connectivity index (χ4v) is 2.43. The third-order valence-corrected chi connectivity index (χ3v) is 3.51. The summed E-state index contributed by atoms with van der Waals surface area (Å²) in [6.07, 6.45) is -0.360. The minimum atomic E-state index is -0.541. The molecule has 0 atom stereocenters. The largest absolute Gasteiger partial charge is 0.444 e. The lowest BCUT2D eigenvalue weighted by Gasteiger charge is -2.35. The normalized spacial score (nSPS) is 14.8. The second-order valence-corrected chi connectivity index (χ2v) is 6.55. The van der Waals surface area contributed by atoms with Gasteiger partial charge in [-0.05, 0) is 20.8 Å². The monoisotopic (exact) mass is 348 g/mol. The van der Waals surface area contributed by atoms with Gasteiger partial charge < -0.3 is 19.4 Å². The Morgan fingerprint density at radius 2 is 1.96 bits per heavy atom. The number of hydrogen-bond donors (Lipinski definition) is 0. The molecule has 1 aromatic rings. The average Bonchev–Trinajstić information content (AvgIpc) is 2.53. The molecule has 0 aliphatic carbocycles. The topological polar surface area (TPSA) is 86.7 Å². The van der Waals surface area contributed by atoms with Crippen molar-refractivity contribution >= 4 is 29.3 Å². The molecule has 9 heteroatoms. The van der Waals surface area contributed by atoms with Crippen molar-refractivity contribution in [2.24, 2.45) is 0 Å². The molecule has 0 aromatic carbocycles. The molecule has 24 heavy (non-hydrogen) atoms. The van der Waals surface area contributed by atoms with Crippen molar-refractivity contribution in [1.82, 2.24) is 14.9 Å². The maximum absolute atomic E-state index is 12.1. The predicted molar refractivity (Wildman–Crippen MR) is 88.0 cm³/mol. The Bertz CT molecular complexity index is 723. The summed E-state index contributed by atoms with van der Waals surface area (Å²) < 4.78 is 5.35. The Labute approximate surface area is 145 Å². The van der Waals surface area contributed by atoms with Gasteiger partial charge >= 0.3 is 11.9 Å². The van der Waals surface area contributed by atoms with Crippen LogP contribution >= 0.6 is 11.6 Å². The van der Waals surface area contributed by atoms with Crippen LogP contribution in [0.4, 0.5) is 16.4 Å². The molecule has 0 radical (unpaired) electrons. The molecule has 0 bridgehead atoms. The molecular weight excluding hydrogens is 332 g/mol. The van der Waals surface area contributed by atoms with Crippen molar-refractivity contribution < 1.29 is 9.53 Å². The summed E-state index contributed by atoms with van der Waals surface area (Å²) in [5.74, 6) is 0.275. The van der Waals surface area contributed by atoms with Gasteiger partial charge in [0.1, 0.15) is 11.7 Å². The predicted octanol–water partition coefficient (Wildman–Crippen LogP) is 2.61. The van der Waals surface area contributed by atoms with E-state index in [-0.39, 0.29) is 22.8 Å². The zero-order valence-electron chi connectivity index (χ0n) is 13.7. The van der Waals surface area contributed by atoms with Gasteiger partial charge in [-0.3, -0.25) is 0 Å². The second-order valence-electron chi connectivity index (χ2n) is 6.19. The van der Waals surface area contributed by atoms with Crippen molar-refractivity contribution in [1.29, 1.82) is 5.26 Å². The van der Waals surface area contributed by atoms with E-state index in [0.717, 1.165) is 0 Å². The van der Waals surface area contributed by atoms with Crippen LogP contribution in [0.3, 0.4) is 0 Å². The standard InChI is InChI=1S/C15H17ClN6O2/c1-15(2,3)24-14(23)22-7-5-21(6-8-22)13-11(16)19-10(9-17)12(18-4)20-13/h5-8H2,1-3H3. The first-order valence-corrected chi connectivity index (χ1v) is 7.71. The van der Waals surface area contributed by atoms with E-state index in [9.17, 15) is 4.79 Å². The van der Waals surface area contributed by atoms with E-state index < -0.39 is 5.60 Å². The van der Waals surface area contributed by atoms with Crippen molar-refractivity contribution in [2.45, 2.75) is 26.4 Å². The number of nitriles is 1. The number of piperazine rings is 1. The van der Waals surface area contributed by atoms with Gasteiger partial charge in [-0.15, -0.1) is 0 Å². The van der Waals surface area contributed by atoms with Crippen LogP contribution in [-0.4, -0.2) is 52.7 Å². The Morgan fingerprint density at radius 3 is 2.46 bits per heavy atom. The molecule has 2 heterocycles. The van der Waals surface area contributed by atoms with Crippen LogP contribution in [0.1, 0.15) is 26.5 Å². The molecule has 1 saturated heterocycles. The third kappa shape index (κ3) is 4.03. The maximum Gasteiger partial charge on any atom is 0.410 e. The number of rotatable bonds is 1. The molecule has 1 aliphatic rings. The summed E-state index contributed by atoms with van der Waals surface area (Å²) in [6, 6.07) is 1.80. The number of aromatic nitrogens is 2. The zero-order valence-corrected chi connectivity index (χ0v) is 14.5. The van der Waals surface area contributed by atoms with Crippen LogP contribution in [0.15, 0.2) is 0 Å². The SMILES string of the molecule is [C-]#[N+]c1nc(N2CCN(C(=O)OC(C)(C)C)CC2)c(Cl)nc1C#N. The molecular formula is C15H17ClN6O2. The summed E-state index contributed by atoms with van der Waals surface area (Å²) in [5.41, 5.74) is -0.633. The molecule has 0 spiro atoms. The molecule has 0 N–H and O–H groups in total. The molecule has 1 amide bonds. The van der Waals surface area contributed by atoms with E-state index in [1.54, 1.807) is 11.0 Å². The van der Waals surface area contributed by atoms with Crippen LogP contribution in [0, 0.1) is 17.9 Å². The van der Waals surface area contributed by atoms with Crippen molar-refractivity contribution in [2.75, 3.05) is 31.1 Å². The number of anilines is 1. The smallest absolute Gasteiger partial charge is 0.410 e. The molecule has 0 unspecified atom stereocenters. The highest BCUT2D eigenvalue weighted by Crippen LogP contribution is 2.27. The van der Waals surface area contributed by atoms with Crippen molar-refractivity contribution in [3.8, 4) is 6.07 Å². The quantitative estimate of drug-likeness (QED) is 0.725. The molecule has 0 saturated carbocycles. The number of nitrogens with zero attached hydrogens (tertiary/aromatic N) is 6. The Balaban J connectivity index is 2.09. The first kappa shape index (κ1) is 17.8. The lowest BCUT2D eigenvalue weighted by molar-refractivity contribution is 0.0240. The Kier molecular flexibility index (Phi) is 5.10. The Morgan fingerprint density at radius 1 is 1.33 bits per heavy atom. The zero-order chi connectivity index (χ0) is 17.9. The molecule has 2 rings (SSSR count). The van der Waals surface area contributed by atoms with Gasteiger partial charge in [0.05, 0.1) is 0 Å². The highest BCUT2D eigenvalue weighted by atomic mass is 35.5. The molecule has 1 aliphatic heterocycles. The number of carbonyl (C=O) groups is 1. The van der Waals surface area contributed by atoms with Crippen LogP contribution in [0.25, 0.3) is 4.85 Å². The lowest BCUT2D eigenvalue weighted by Crippen LogP contribution is -2.50. The first-order valence-electron chi connectivity index (χ1n) is 7.33. The molecule has 8 nitrogen and oxygen atoms in total. The van der Waals surface area contributed by atoms with E-state index in [4.69, 9.17) is 28.2 Å². The third-order valence-electron chi connectivity index (χ3n) is 3.26. The van der Waals surface area contributed by atoms with Gasteiger partial charge in [0.15, 0.2) is 10.8 Å². The maximum atomic E-state index is 12.1. The highest BCUT2D eigenvalue weighted by Gasteiger charge is 2.29. The summed E-state index contributed by atoms with van der Waals surface area (Å²) in [5, 5.41) is 9.01.